The molecule has 0 heterocycles. The van der Waals surface area contributed by atoms with Crippen molar-refractivity contribution in [2.75, 3.05) is 6.54 Å². The van der Waals surface area contributed by atoms with Gasteiger partial charge in [0.15, 0.2) is 0 Å². The summed E-state index contributed by atoms with van der Waals surface area (Å²) in [7, 11) is 0. The molecule has 0 saturated carbocycles. The molecule has 2 atom stereocenters. The molecule has 0 aromatic heterocycles. The van der Waals surface area contributed by atoms with Crippen molar-refractivity contribution in [3.8, 4) is 0 Å². The fraction of sp³-hybridized carbons (Fsp3) is 0.800. The molecule has 0 aliphatic rings. The third-order valence-corrected chi connectivity index (χ3v) is 3.03. The average molecular weight is 315 g/mol. The number of carbonyl (C=O) groups is 3. The molecule has 0 rings (SSSR count). The zero-order chi connectivity index (χ0) is 17.3. The first-order valence-corrected chi connectivity index (χ1v) is 7.68. The molecule has 0 aromatic carbocycles. The first-order chi connectivity index (χ1) is 10.1. The third kappa shape index (κ3) is 9.33. The molecular weight excluding hydrogens is 286 g/mol. The fourth-order valence-corrected chi connectivity index (χ4v) is 1.82. The van der Waals surface area contributed by atoms with Crippen LogP contribution in [0.15, 0.2) is 0 Å². The second-order valence-electron chi connectivity index (χ2n) is 6.37. The van der Waals surface area contributed by atoms with Crippen LogP contribution >= 0.6 is 0 Å². The summed E-state index contributed by atoms with van der Waals surface area (Å²) in [6, 6.07) is -1.58. The second-order valence-corrected chi connectivity index (χ2v) is 6.37. The SMILES string of the molecule is CC(C)CNC(=O)C(CC(C)C)NC(=O)C(N)CCC(=O)O. The quantitative estimate of drug-likeness (QED) is 0.467. The van der Waals surface area contributed by atoms with E-state index in [4.69, 9.17) is 10.8 Å². The predicted octanol–water partition coefficient (Wildman–Crippen LogP) is 0.482. The summed E-state index contributed by atoms with van der Waals surface area (Å²) in [6.07, 6.45) is 0.369. The van der Waals surface area contributed by atoms with E-state index in [0.717, 1.165) is 0 Å². The molecular formula is C15H29N3O4. The Balaban J connectivity index is 4.59. The Morgan fingerprint density at radius 2 is 1.64 bits per heavy atom. The molecule has 0 fully saturated rings. The van der Waals surface area contributed by atoms with Crippen LogP contribution in [0, 0.1) is 11.8 Å². The van der Waals surface area contributed by atoms with Crippen LogP contribution in [0.5, 0.6) is 0 Å². The van der Waals surface area contributed by atoms with Gasteiger partial charge in [-0.3, -0.25) is 14.4 Å². The minimum absolute atomic E-state index is 0.0448. The minimum atomic E-state index is -1.00. The van der Waals surface area contributed by atoms with E-state index in [9.17, 15) is 14.4 Å². The van der Waals surface area contributed by atoms with Crippen LogP contribution in [-0.2, 0) is 14.4 Å². The van der Waals surface area contributed by atoms with Gasteiger partial charge in [-0.25, -0.2) is 0 Å². The third-order valence-electron chi connectivity index (χ3n) is 3.03. The highest BCUT2D eigenvalue weighted by molar-refractivity contribution is 5.89. The molecule has 0 radical (unpaired) electrons. The smallest absolute Gasteiger partial charge is 0.303 e. The van der Waals surface area contributed by atoms with Crippen LogP contribution in [0.25, 0.3) is 0 Å². The Morgan fingerprint density at radius 1 is 1.05 bits per heavy atom. The van der Waals surface area contributed by atoms with Gasteiger partial charge in [0.1, 0.15) is 6.04 Å². The van der Waals surface area contributed by atoms with E-state index in [1.807, 2.05) is 27.7 Å². The maximum absolute atomic E-state index is 12.1. The fourth-order valence-electron chi connectivity index (χ4n) is 1.82. The lowest BCUT2D eigenvalue weighted by atomic mass is 10.0. The molecule has 22 heavy (non-hydrogen) atoms. The predicted molar refractivity (Wildman–Crippen MR) is 84.1 cm³/mol. The van der Waals surface area contributed by atoms with Crippen molar-refractivity contribution >= 4 is 17.8 Å². The summed E-state index contributed by atoms with van der Waals surface area (Å²) in [5.41, 5.74) is 5.66. The number of carboxylic acid groups (broad SMARTS) is 1. The molecule has 0 aliphatic heterocycles. The lowest BCUT2D eigenvalue weighted by Gasteiger charge is -2.22. The Kier molecular flexibility index (Phi) is 9.40. The number of nitrogens with two attached hydrogens (primary N) is 1. The van der Waals surface area contributed by atoms with E-state index >= 15 is 0 Å². The molecule has 7 heteroatoms. The zero-order valence-electron chi connectivity index (χ0n) is 13.9. The first kappa shape index (κ1) is 20.4. The largest absolute Gasteiger partial charge is 0.481 e. The highest BCUT2D eigenvalue weighted by Gasteiger charge is 2.24. The summed E-state index contributed by atoms with van der Waals surface area (Å²) in [5.74, 6) is -1.19. The molecule has 5 N–H and O–H groups in total. The number of nitrogens with one attached hydrogen (secondary N) is 2. The maximum atomic E-state index is 12.1. The summed E-state index contributed by atoms with van der Waals surface area (Å²) >= 11 is 0. The van der Waals surface area contributed by atoms with Crippen LogP contribution in [-0.4, -0.2) is 41.5 Å². The van der Waals surface area contributed by atoms with Gasteiger partial charge >= 0.3 is 5.97 Å². The maximum Gasteiger partial charge on any atom is 0.303 e. The van der Waals surface area contributed by atoms with Crippen molar-refractivity contribution in [3.63, 3.8) is 0 Å². The van der Waals surface area contributed by atoms with Gasteiger partial charge in [-0.2, -0.15) is 0 Å². The lowest BCUT2D eigenvalue weighted by molar-refractivity contribution is -0.137. The Morgan fingerprint density at radius 3 is 2.09 bits per heavy atom. The highest BCUT2D eigenvalue weighted by Crippen LogP contribution is 2.06. The molecule has 0 aromatic rings. The van der Waals surface area contributed by atoms with Crippen molar-refractivity contribution < 1.29 is 19.5 Å². The Hall–Kier alpha value is -1.63. The topological polar surface area (TPSA) is 122 Å². The van der Waals surface area contributed by atoms with Crippen LogP contribution in [0.1, 0.15) is 47.0 Å². The Bertz CT molecular complexity index is 383. The van der Waals surface area contributed by atoms with E-state index in [2.05, 4.69) is 10.6 Å². The second kappa shape index (κ2) is 10.2. The van der Waals surface area contributed by atoms with Crippen molar-refractivity contribution in [1.82, 2.24) is 10.6 Å². The van der Waals surface area contributed by atoms with E-state index < -0.39 is 24.0 Å². The number of amides is 2. The molecule has 2 amide bonds. The van der Waals surface area contributed by atoms with E-state index in [1.165, 1.54) is 0 Å². The van der Waals surface area contributed by atoms with Crippen LogP contribution in [0.3, 0.4) is 0 Å². The molecule has 0 saturated heterocycles. The molecule has 128 valence electrons. The number of aliphatic carboxylic acids is 1. The van der Waals surface area contributed by atoms with Gasteiger partial charge in [-0.05, 0) is 24.7 Å². The molecule has 0 bridgehead atoms. The van der Waals surface area contributed by atoms with Crippen molar-refractivity contribution in [1.29, 1.82) is 0 Å². The molecule has 2 unspecified atom stereocenters. The van der Waals surface area contributed by atoms with Gasteiger partial charge < -0.3 is 21.5 Å². The van der Waals surface area contributed by atoms with E-state index in [1.54, 1.807) is 0 Å². The number of hydrogen-bond donors (Lipinski definition) is 4. The lowest BCUT2D eigenvalue weighted by Crippen LogP contribution is -2.52. The van der Waals surface area contributed by atoms with Gasteiger partial charge in [-0.1, -0.05) is 27.7 Å². The number of carboxylic acids is 1. The van der Waals surface area contributed by atoms with E-state index in [-0.39, 0.29) is 24.7 Å². The Labute approximate surface area is 132 Å². The van der Waals surface area contributed by atoms with Gasteiger partial charge in [-0.15, -0.1) is 0 Å². The number of hydrogen-bond acceptors (Lipinski definition) is 4. The van der Waals surface area contributed by atoms with E-state index in [0.29, 0.717) is 18.9 Å². The van der Waals surface area contributed by atoms with Crippen LogP contribution < -0.4 is 16.4 Å². The van der Waals surface area contributed by atoms with Crippen molar-refractivity contribution in [3.05, 3.63) is 0 Å². The summed E-state index contributed by atoms with van der Waals surface area (Å²) < 4.78 is 0. The summed E-state index contributed by atoms with van der Waals surface area (Å²) in [4.78, 5) is 34.6. The molecule has 0 aliphatic carbocycles. The number of rotatable bonds is 10. The van der Waals surface area contributed by atoms with Gasteiger partial charge in [0.05, 0.1) is 6.04 Å². The van der Waals surface area contributed by atoms with Gasteiger partial charge in [0, 0.05) is 13.0 Å². The first-order valence-electron chi connectivity index (χ1n) is 7.68. The van der Waals surface area contributed by atoms with Crippen molar-refractivity contribution in [2.45, 2.75) is 59.0 Å². The van der Waals surface area contributed by atoms with Crippen molar-refractivity contribution in [2.24, 2.45) is 17.6 Å². The minimum Gasteiger partial charge on any atom is -0.481 e. The summed E-state index contributed by atoms with van der Waals surface area (Å²) in [6.45, 7) is 8.42. The van der Waals surface area contributed by atoms with Crippen LogP contribution in [0.2, 0.25) is 0 Å². The average Bonchev–Trinajstić information content (AvgIpc) is 2.40. The molecule has 7 nitrogen and oxygen atoms in total. The van der Waals surface area contributed by atoms with Gasteiger partial charge in [0.2, 0.25) is 11.8 Å². The van der Waals surface area contributed by atoms with Crippen LogP contribution in [0.4, 0.5) is 0 Å². The highest BCUT2D eigenvalue weighted by atomic mass is 16.4. The monoisotopic (exact) mass is 315 g/mol. The summed E-state index contributed by atoms with van der Waals surface area (Å²) in [5, 5.41) is 14.0. The number of carbonyl (C=O) groups excluding carboxylic acids is 2. The van der Waals surface area contributed by atoms with Gasteiger partial charge in [0.25, 0.3) is 0 Å². The molecule has 0 spiro atoms. The zero-order valence-corrected chi connectivity index (χ0v) is 13.9. The normalized spacial score (nSPS) is 13.8. The standard InChI is InChI=1S/C15H29N3O4/c1-9(2)7-12(15(22)17-8-10(3)4)18-14(21)11(16)5-6-13(19)20/h9-12H,5-8,16H2,1-4H3,(H,17,22)(H,18,21)(H,19,20).